The van der Waals surface area contributed by atoms with Crippen molar-refractivity contribution in [3.63, 3.8) is 0 Å². The number of anilines is 1. The normalized spacial score (nSPS) is 18.0. The zero-order valence-corrected chi connectivity index (χ0v) is 21.2. The average molecular weight is 458 g/mol. The van der Waals surface area contributed by atoms with E-state index in [1.807, 2.05) is 18.2 Å². The molecule has 6 nitrogen and oxygen atoms in total. The van der Waals surface area contributed by atoms with E-state index in [0.29, 0.717) is 44.2 Å². The lowest BCUT2D eigenvalue weighted by atomic mass is 10.0. The number of hydrogen-bond acceptors (Lipinski definition) is 6. The van der Waals surface area contributed by atoms with Crippen molar-refractivity contribution < 1.29 is 14.4 Å². The van der Waals surface area contributed by atoms with E-state index in [9.17, 15) is 5.11 Å². The van der Waals surface area contributed by atoms with Gasteiger partial charge in [-0.2, -0.15) is 0 Å². The summed E-state index contributed by atoms with van der Waals surface area (Å²) in [4.78, 5) is 4.71. The van der Waals surface area contributed by atoms with Gasteiger partial charge in [0.1, 0.15) is 5.69 Å². The summed E-state index contributed by atoms with van der Waals surface area (Å²) in [5, 5.41) is 15.3. The van der Waals surface area contributed by atoms with E-state index in [1.54, 1.807) is 0 Å². The van der Waals surface area contributed by atoms with Gasteiger partial charge in [0.05, 0.1) is 18.3 Å². The number of benzene rings is 1. The van der Waals surface area contributed by atoms with Gasteiger partial charge in [0.15, 0.2) is 0 Å². The van der Waals surface area contributed by atoms with Crippen molar-refractivity contribution in [1.29, 1.82) is 0 Å². The van der Waals surface area contributed by atoms with Crippen molar-refractivity contribution in [2.24, 2.45) is 11.8 Å². The van der Waals surface area contributed by atoms with Crippen LogP contribution >= 0.6 is 0 Å². The van der Waals surface area contributed by atoms with E-state index in [1.165, 1.54) is 19.3 Å². The third-order valence-electron chi connectivity index (χ3n) is 6.11. The van der Waals surface area contributed by atoms with Crippen LogP contribution < -0.4 is 4.90 Å². The van der Waals surface area contributed by atoms with Gasteiger partial charge in [-0.3, -0.25) is 4.90 Å². The fraction of sp³-hybridized carbons (Fsp3) is 0.667. The monoisotopic (exact) mass is 457 g/mol. The first-order chi connectivity index (χ1) is 15.8. The molecule has 3 rings (SSSR count). The topological polar surface area (TPSA) is 62.0 Å². The highest BCUT2D eigenvalue weighted by molar-refractivity contribution is 5.68. The third kappa shape index (κ3) is 7.56. The molecule has 33 heavy (non-hydrogen) atoms. The third-order valence-corrected chi connectivity index (χ3v) is 6.11. The van der Waals surface area contributed by atoms with Gasteiger partial charge in [-0.15, -0.1) is 0 Å². The van der Waals surface area contributed by atoms with Crippen LogP contribution in [0.3, 0.4) is 0 Å². The summed E-state index contributed by atoms with van der Waals surface area (Å²) in [5.74, 6) is 1.83. The van der Waals surface area contributed by atoms with E-state index in [-0.39, 0.29) is 0 Å². The molecule has 2 heterocycles. The van der Waals surface area contributed by atoms with Gasteiger partial charge in [-0.25, -0.2) is 0 Å². The van der Waals surface area contributed by atoms with E-state index in [4.69, 9.17) is 9.26 Å². The molecule has 1 aliphatic rings. The first-order valence-electron chi connectivity index (χ1n) is 12.6. The Hall–Kier alpha value is -1.89. The Morgan fingerprint density at radius 3 is 2.52 bits per heavy atom. The van der Waals surface area contributed by atoms with Gasteiger partial charge in [0, 0.05) is 44.4 Å². The summed E-state index contributed by atoms with van der Waals surface area (Å²) in [6.07, 6.45) is 3.07. The summed E-state index contributed by atoms with van der Waals surface area (Å²) in [5.41, 5.74) is 3.09. The van der Waals surface area contributed by atoms with Crippen LogP contribution in [0.5, 0.6) is 0 Å². The van der Waals surface area contributed by atoms with Crippen LogP contribution in [0.2, 0.25) is 0 Å². The first-order valence-corrected chi connectivity index (χ1v) is 12.6. The molecule has 1 aromatic heterocycles. The van der Waals surface area contributed by atoms with Crippen molar-refractivity contribution in [3.05, 3.63) is 35.9 Å². The summed E-state index contributed by atoms with van der Waals surface area (Å²) in [6.45, 7) is 15.1. The van der Waals surface area contributed by atoms with Crippen LogP contribution in [0, 0.1) is 11.8 Å². The Morgan fingerprint density at radius 2 is 1.85 bits per heavy atom. The quantitative estimate of drug-likeness (QED) is 0.472. The predicted octanol–water partition coefficient (Wildman–Crippen LogP) is 5.21. The van der Waals surface area contributed by atoms with Gasteiger partial charge in [-0.1, -0.05) is 63.2 Å². The van der Waals surface area contributed by atoms with E-state index in [2.05, 4.69) is 61.7 Å². The minimum absolute atomic E-state index is 0.359. The Morgan fingerprint density at radius 1 is 1.09 bits per heavy atom. The van der Waals surface area contributed by atoms with Crippen LogP contribution in [0.4, 0.5) is 5.88 Å². The maximum absolute atomic E-state index is 10.7. The SMILES string of the molecule is CC(C)COCC(O)CN(Cc1c(-c2ccccc2)noc1N1CCCCC1C)CC(C)C. The zero-order valence-electron chi connectivity index (χ0n) is 21.2. The summed E-state index contributed by atoms with van der Waals surface area (Å²) >= 11 is 0. The van der Waals surface area contributed by atoms with Gasteiger partial charge >= 0.3 is 0 Å². The number of rotatable bonds is 12. The molecule has 1 N–H and O–H groups in total. The van der Waals surface area contributed by atoms with Crippen LogP contribution in [-0.2, 0) is 11.3 Å². The summed E-state index contributed by atoms with van der Waals surface area (Å²) in [6, 6.07) is 10.7. The fourth-order valence-electron chi connectivity index (χ4n) is 4.63. The molecule has 0 spiro atoms. The van der Waals surface area contributed by atoms with Crippen LogP contribution in [0.1, 0.15) is 59.4 Å². The summed E-state index contributed by atoms with van der Waals surface area (Å²) < 4.78 is 11.7. The largest absolute Gasteiger partial charge is 0.389 e. The minimum atomic E-state index is -0.528. The lowest BCUT2D eigenvalue weighted by Gasteiger charge is -2.34. The first kappa shape index (κ1) is 25.7. The highest BCUT2D eigenvalue weighted by Gasteiger charge is 2.29. The van der Waals surface area contributed by atoms with Crippen molar-refractivity contribution in [2.45, 2.75) is 72.6 Å². The van der Waals surface area contributed by atoms with E-state index in [0.717, 1.165) is 35.8 Å². The number of hydrogen-bond donors (Lipinski definition) is 1. The lowest BCUT2D eigenvalue weighted by molar-refractivity contribution is 0.00524. The minimum Gasteiger partial charge on any atom is -0.389 e. The van der Waals surface area contributed by atoms with Crippen molar-refractivity contribution in [3.8, 4) is 11.3 Å². The molecule has 0 radical (unpaired) electrons. The van der Waals surface area contributed by atoms with Crippen LogP contribution in [-0.4, -0.2) is 60.2 Å². The van der Waals surface area contributed by atoms with Gasteiger partial charge in [-0.05, 0) is 38.0 Å². The predicted molar refractivity (Wildman–Crippen MR) is 134 cm³/mol. The Labute approximate surface area is 199 Å². The maximum Gasteiger partial charge on any atom is 0.232 e. The molecule has 0 saturated carbocycles. The van der Waals surface area contributed by atoms with Crippen LogP contribution in [0.25, 0.3) is 11.3 Å². The van der Waals surface area contributed by atoms with E-state index >= 15 is 0 Å². The molecule has 1 saturated heterocycles. The second-order valence-electron chi connectivity index (χ2n) is 10.4. The zero-order chi connectivity index (χ0) is 23.8. The smallest absolute Gasteiger partial charge is 0.232 e. The van der Waals surface area contributed by atoms with Crippen LogP contribution in [0.15, 0.2) is 34.9 Å². The number of ether oxygens (including phenoxy) is 1. The molecular formula is C27H43N3O3. The molecule has 0 bridgehead atoms. The number of piperidine rings is 1. The molecule has 2 unspecified atom stereocenters. The molecular weight excluding hydrogens is 414 g/mol. The van der Waals surface area contributed by atoms with Crippen molar-refractivity contribution in [1.82, 2.24) is 10.1 Å². The maximum atomic E-state index is 10.7. The number of aromatic nitrogens is 1. The van der Waals surface area contributed by atoms with Gasteiger partial charge in [0.25, 0.3) is 0 Å². The second kappa shape index (κ2) is 12.5. The molecule has 1 fully saturated rings. The molecule has 6 heteroatoms. The van der Waals surface area contributed by atoms with E-state index < -0.39 is 6.10 Å². The standard InChI is InChI=1S/C27H43N3O3/c1-20(2)15-29(16-24(31)19-32-18-21(3)4)17-25-26(23-12-7-6-8-13-23)28-33-27(25)30-14-10-9-11-22(30)5/h6-8,12-13,20-22,24,31H,9-11,14-19H2,1-5H3. The van der Waals surface area contributed by atoms with Gasteiger partial charge in [0.2, 0.25) is 5.88 Å². The Balaban J connectivity index is 1.85. The molecule has 0 amide bonds. The fourth-order valence-corrected chi connectivity index (χ4v) is 4.63. The average Bonchev–Trinajstić information content (AvgIpc) is 3.17. The van der Waals surface area contributed by atoms with Crippen molar-refractivity contribution in [2.75, 3.05) is 37.7 Å². The molecule has 184 valence electrons. The molecule has 0 aliphatic carbocycles. The Kier molecular flexibility index (Phi) is 9.78. The summed E-state index contributed by atoms with van der Waals surface area (Å²) in [7, 11) is 0. The molecule has 1 aliphatic heterocycles. The molecule has 2 aromatic rings. The second-order valence-corrected chi connectivity index (χ2v) is 10.4. The number of aliphatic hydroxyl groups excluding tert-OH is 1. The van der Waals surface area contributed by atoms with Crippen molar-refractivity contribution >= 4 is 5.88 Å². The highest BCUT2D eigenvalue weighted by Crippen LogP contribution is 2.35. The highest BCUT2D eigenvalue weighted by atomic mass is 16.5. The Bertz CT molecular complexity index is 821. The molecule has 2 atom stereocenters. The lowest BCUT2D eigenvalue weighted by Crippen LogP contribution is -2.39. The van der Waals surface area contributed by atoms with Gasteiger partial charge < -0.3 is 19.3 Å². The number of aliphatic hydroxyl groups is 1. The molecule has 1 aromatic carbocycles. The number of nitrogens with zero attached hydrogens (tertiary/aromatic N) is 3.